The predicted octanol–water partition coefficient (Wildman–Crippen LogP) is 4.78. The second-order valence-corrected chi connectivity index (χ2v) is 10.2. The van der Waals surface area contributed by atoms with E-state index >= 15 is 0 Å². The van der Waals surface area contributed by atoms with Crippen LogP contribution < -0.4 is 9.46 Å². The Morgan fingerprint density at radius 1 is 1.18 bits per heavy atom. The van der Waals surface area contributed by atoms with Gasteiger partial charge in [0.25, 0.3) is 0 Å². The van der Waals surface area contributed by atoms with Crippen LogP contribution in [0, 0.1) is 6.92 Å². The zero-order valence-corrected chi connectivity index (χ0v) is 18.5. The maximum absolute atomic E-state index is 12.6. The van der Waals surface area contributed by atoms with Gasteiger partial charge in [-0.2, -0.15) is 0 Å². The van der Waals surface area contributed by atoms with Crippen molar-refractivity contribution in [1.82, 2.24) is 14.7 Å². The van der Waals surface area contributed by atoms with E-state index in [9.17, 15) is 4.55 Å². The van der Waals surface area contributed by atoms with E-state index in [0.717, 1.165) is 44.9 Å². The van der Waals surface area contributed by atoms with Crippen LogP contribution in [0.5, 0.6) is 5.88 Å². The van der Waals surface area contributed by atoms with E-state index in [4.69, 9.17) is 9.72 Å². The molecule has 2 heterocycles. The van der Waals surface area contributed by atoms with Gasteiger partial charge in [0.2, 0.25) is 5.88 Å². The quantitative estimate of drug-likeness (QED) is 0.494. The molecule has 5 nitrogen and oxygen atoms in total. The second kappa shape index (κ2) is 7.85. The van der Waals surface area contributed by atoms with Gasteiger partial charge >= 0.3 is 0 Å². The van der Waals surface area contributed by atoms with Gasteiger partial charge < -0.3 is 9.29 Å². The van der Waals surface area contributed by atoms with Gasteiger partial charge in [0.05, 0.1) is 24.4 Å². The average molecular weight is 400 g/mol. The predicted molar refractivity (Wildman–Crippen MR) is 117 cm³/mol. The molecule has 0 aliphatic carbocycles. The molecule has 0 fully saturated rings. The van der Waals surface area contributed by atoms with Crippen molar-refractivity contribution in [2.24, 2.45) is 0 Å². The van der Waals surface area contributed by atoms with Crippen molar-refractivity contribution in [1.29, 1.82) is 0 Å². The van der Waals surface area contributed by atoms with Crippen LogP contribution in [0.3, 0.4) is 0 Å². The number of fused-ring (bicyclic) bond motifs is 3. The molecule has 0 aliphatic heterocycles. The van der Waals surface area contributed by atoms with Gasteiger partial charge in [-0.3, -0.25) is 4.98 Å². The molecule has 0 radical (unpaired) electrons. The van der Waals surface area contributed by atoms with Gasteiger partial charge in [0.15, 0.2) is 0 Å². The Morgan fingerprint density at radius 2 is 1.89 bits per heavy atom. The Labute approximate surface area is 170 Å². The average Bonchev–Trinajstić information content (AvgIpc) is 2.65. The molecule has 2 atom stereocenters. The SMILES string of the molecule is CCc1nc2c(C(C)N[S+]([O-])C(C)(C)C)cc(C)cc2c2cc(OC)ncc12. The van der Waals surface area contributed by atoms with E-state index < -0.39 is 11.4 Å². The first-order valence-electron chi connectivity index (χ1n) is 9.60. The van der Waals surface area contributed by atoms with Gasteiger partial charge in [0, 0.05) is 34.4 Å². The minimum absolute atomic E-state index is 0.0964. The Bertz CT molecular complexity index is 1010. The Kier molecular flexibility index (Phi) is 5.84. The Balaban J connectivity index is 2.25. The summed E-state index contributed by atoms with van der Waals surface area (Å²) < 4.78 is 20.9. The van der Waals surface area contributed by atoms with Gasteiger partial charge in [-0.05, 0) is 58.1 Å². The summed E-state index contributed by atoms with van der Waals surface area (Å²) in [5, 5.41) is 3.20. The first-order chi connectivity index (χ1) is 13.2. The van der Waals surface area contributed by atoms with Crippen molar-refractivity contribution < 1.29 is 9.29 Å². The first kappa shape index (κ1) is 20.8. The fourth-order valence-corrected chi connectivity index (χ4v) is 4.13. The van der Waals surface area contributed by atoms with Crippen LogP contribution in [-0.4, -0.2) is 26.4 Å². The van der Waals surface area contributed by atoms with Crippen molar-refractivity contribution in [3.8, 4) is 5.88 Å². The smallest absolute Gasteiger partial charge is 0.213 e. The fraction of sp³-hybridized carbons (Fsp3) is 0.455. The highest BCUT2D eigenvalue weighted by atomic mass is 32.2. The lowest BCUT2D eigenvalue weighted by Gasteiger charge is -2.27. The molecule has 28 heavy (non-hydrogen) atoms. The highest BCUT2D eigenvalue weighted by molar-refractivity contribution is 7.90. The van der Waals surface area contributed by atoms with E-state index in [-0.39, 0.29) is 10.8 Å². The van der Waals surface area contributed by atoms with E-state index in [1.165, 1.54) is 0 Å². The number of benzene rings is 1. The van der Waals surface area contributed by atoms with Crippen LogP contribution in [0.4, 0.5) is 0 Å². The molecule has 150 valence electrons. The summed E-state index contributed by atoms with van der Waals surface area (Å²) in [6, 6.07) is 6.17. The molecule has 0 bridgehead atoms. The summed E-state index contributed by atoms with van der Waals surface area (Å²) in [5.41, 5.74) is 4.14. The fourth-order valence-electron chi connectivity index (χ4n) is 3.33. The summed E-state index contributed by atoms with van der Waals surface area (Å²) >= 11 is -1.16. The molecule has 0 aliphatic rings. The number of aromatic nitrogens is 2. The molecule has 3 aromatic rings. The number of hydrogen-bond acceptors (Lipinski definition) is 5. The lowest BCUT2D eigenvalue weighted by Crippen LogP contribution is -2.40. The molecular formula is C22H29N3O2S. The van der Waals surface area contributed by atoms with Crippen molar-refractivity contribution in [2.45, 2.75) is 58.8 Å². The third kappa shape index (κ3) is 3.95. The lowest BCUT2D eigenvalue weighted by atomic mass is 9.97. The zero-order valence-electron chi connectivity index (χ0n) is 17.7. The second-order valence-electron chi connectivity index (χ2n) is 8.16. The van der Waals surface area contributed by atoms with Crippen LogP contribution in [0.2, 0.25) is 0 Å². The molecule has 0 saturated heterocycles. The number of nitrogens with zero attached hydrogens (tertiary/aromatic N) is 2. The van der Waals surface area contributed by atoms with E-state index in [2.05, 4.69) is 35.7 Å². The topological polar surface area (TPSA) is 70.1 Å². The number of aryl methyl sites for hydroxylation is 2. The number of rotatable bonds is 5. The monoisotopic (exact) mass is 399 g/mol. The number of hydrogen-bond donors (Lipinski definition) is 1. The van der Waals surface area contributed by atoms with Crippen LogP contribution >= 0.6 is 0 Å². The van der Waals surface area contributed by atoms with E-state index in [1.54, 1.807) is 7.11 Å². The largest absolute Gasteiger partial charge is 0.598 e. The van der Waals surface area contributed by atoms with Crippen molar-refractivity contribution in [3.63, 3.8) is 0 Å². The molecule has 1 N–H and O–H groups in total. The molecule has 0 saturated carbocycles. The maximum Gasteiger partial charge on any atom is 0.213 e. The lowest BCUT2D eigenvalue weighted by molar-refractivity contribution is 0.399. The molecule has 2 unspecified atom stereocenters. The minimum atomic E-state index is -1.16. The van der Waals surface area contributed by atoms with Crippen LogP contribution in [-0.2, 0) is 17.8 Å². The maximum atomic E-state index is 12.6. The summed E-state index contributed by atoms with van der Waals surface area (Å²) in [7, 11) is 1.63. The molecule has 1 aromatic carbocycles. The Hall–Kier alpha value is -1.89. The normalized spacial score (nSPS) is 14.4. The number of ether oxygens (including phenoxy) is 1. The minimum Gasteiger partial charge on any atom is -0.598 e. The van der Waals surface area contributed by atoms with Crippen molar-refractivity contribution >= 4 is 33.0 Å². The molecule has 3 rings (SSSR count). The van der Waals surface area contributed by atoms with Crippen molar-refractivity contribution in [2.75, 3.05) is 7.11 Å². The van der Waals surface area contributed by atoms with Crippen molar-refractivity contribution in [3.05, 3.63) is 41.2 Å². The molecular weight excluding hydrogens is 370 g/mol. The molecule has 0 amide bonds. The standard InChI is InChI=1S/C22H29N3O2S/c1-8-19-18-12-23-20(27-7)11-16(18)17-10-13(2)9-15(21(17)24-19)14(3)25-28(26)22(4,5)6/h9-12,14,25H,8H2,1-7H3. The summed E-state index contributed by atoms with van der Waals surface area (Å²) in [6.45, 7) is 12.1. The van der Waals surface area contributed by atoms with Gasteiger partial charge in [0.1, 0.15) is 4.75 Å². The number of nitrogens with one attached hydrogen (secondary N) is 1. The molecule has 0 spiro atoms. The van der Waals surface area contributed by atoms with E-state index in [0.29, 0.717) is 5.88 Å². The third-order valence-corrected chi connectivity index (χ3v) is 6.54. The van der Waals surface area contributed by atoms with Crippen LogP contribution in [0.1, 0.15) is 57.5 Å². The first-order valence-corrected chi connectivity index (χ1v) is 10.8. The van der Waals surface area contributed by atoms with Crippen LogP contribution in [0.15, 0.2) is 24.4 Å². The van der Waals surface area contributed by atoms with E-state index in [1.807, 2.05) is 40.0 Å². The Morgan fingerprint density at radius 3 is 2.50 bits per heavy atom. The zero-order chi connectivity index (χ0) is 20.6. The van der Waals surface area contributed by atoms with Gasteiger partial charge in [-0.25, -0.2) is 4.98 Å². The molecule has 2 aromatic heterocycles. The highest BCUT2D eigenvalue weighted by Crippen LogP contribution is 2.34. The summed E-state index contributed by atoms with van der Waals surface area (Å²) in [6.07, 6.45) is 2.65. The molecule has 6 heteroatoms. The van der Waals surface area contributed by atoms with Gasteiger partial charge in [-0.15, -0.1) is 4.72 Å². The highest BCUT2D eigenvalue weighted by Gasteiger charge is 2.29. The summed E-state index contributed by atoms with van der Waals surface area (Å²) in [5.74, 6) is 0.588. The summed E-state index contributed by atoms with van der Waals surface area (Å²) in [4.78, 5) is 9.36. The van der Waals surface area contributed by atoms with Gasteiger partial charge in [-0.1, -0.05) is 18.6 Å². The number of pyridine rings is 2. The number of methoxy groups -OCH3 is 1. The van der Waals surface area contributed by atoms with Crippen LogP contribution in [0.25, 0.3) is 21.7 Å². The third-order valence-electron chi connectivity index (χ3n) is 4.86.